The first-order chi connectivity index (χ1) is 13.9. The predicted molar refractivity (Wildman–Crippen MR) is 104 cm³/mol. The number of ether oxygens (including phenoxy) is 2. The number of nitrogens with one attached hydrogen (secondary N) is 1. The van der Waals surface area contributed by atoms with Gasteiger partial charge in [0.1, 0.15) is 5.52 Å². The van der Waals surface area contributed by atoms with Crippen LogP contribution in [-0.2, 0) is 20.7 Å². The number of hydrogen-bond donors (Lipinski definition) is 1. The molecule has 8 nitrogen and oxygen atoms in total. The molecule has 1 aromatic carbocycles. The number of para-hydroxylation sites is 2. The van der Waals surface area contributed by atoms with Crippen LogP contribution in [0, 0.1) is 13.8 Å². The van der Waals surface area contributed by atoms with E-state index in [-0.39, 0.29) is 25.1 Å². The van der Waals surface area contributed by atoms with E-state index in [9.17, 15) is 14.4 Å². The van der Waals surface area contributed by atoms with Crippen LogP contribution in [0.5, 0.6) is 0 Å². The lowest BCUT2D eigenvalue weighted by atomic mass is 10.1. The largest absolute Gasteiger partial charge is 0.462 e. The molecule has 152 valence electrons. The highest BCUT2D eigenvalue weighted by Gasteiger charge is 2.23. The number of carbonyl (C=O) groups excluding carboxylic acids is 3. The molecule has 0 aliphatic heterocycles. The molecule has 3 aromatic rings. The molecule has 0 aliphatic carbocycles. The van der Waals surface area contributed by atoms with Gasteiger partial charge in [0, 0.05) is 12.1 Å². The number of hydrogen-bond acceptors (Lipinski definition) is 7. The maximum atomic E-state index is 12.4. The van der Waals surface area contributed by atoms with Crippen molar-refractivity contribution in [2.75, 3.05) is 13.2 Å². The van der Waals surface area contributed by atoms with Crippen molar-refractivity contribution in [2.24, 2.45) is 0 Å². The molecule has 0 spiro atoms. The molecule has 2 heterocycles. The van der Waals surface area contributed by atoms with Crippen molar-refractivity contribution >= 4 is 28.8 Å². The summed E-state index contributed by atoms with van der Waals surface area (Å²) in [4.78, 5) is 43.6. The smallest absolute Gasteiger partial charge is 0.340 e. The number of nitrogens with zero attached hydrogens (tertiary/aromatic N) is 1. The van der Waals surface area contributed by atoms with Gasteiger partial charge in [0.05, 0.1) is 24.3 Å². The first-order valence-electron chi connectivity index (χ1n) is 9.30. The van der Waals surface area contributed by atoms with Crippen molar-refractivity contribution in [1.82, 2.24) is 9.97 Å². The van der Waals surface area contributed by atoms with E-state index in [1.54, 1.807) is 26.8 Å². The van der Waals surface area contributed by atoms with Gasteiger partial charge in [-0.3, -0.25) is 9.59 Å². The molecule has 0 unspecified atom stereocenters. The summed E-state index contributed by atoms with van der Waals surface area (Å²) >= 11 is 0. The van der Waals surface area contributed by atoms with Crippen molar-refractivity contribution < 1.29 is 28.3 Å². The van der Waals surface area contributed by atoms with Gasteiger partial charge in [0.15, 0.2) is 18.1 Å². The van der Waals surface area contributed by atoms with E-state index < -0.39 is 24.3 Å². The third-order valence-corrected chi connectivity index (χ3v) is 4.44. The molecule has 0 saturated heterocycles. The number of Topliss-reactive ketones (excluding diaryl/α,β-unsaturated/α-hetero) is 1. The molecule has 0 amide bonds. The van der Waals surface area contributed by atoms with Gasteiger partial charge in [0.2, 0.25) is 5.78 Å². The van der Waals surface area contributed by atoms with E-state index in [1.807, 2.05) is 18.2 Å². The Morgan fingerprint density at radius 1 is 1.14 bits per heavy atom. The van der Waals surface area contributed by atoms with Crippen LogP contribution in [0.1, 0.15) is 51.3 Å². The quantitative estimate of drug-likeness (QED) is 0.458. The number of benzene rings is 1. The number of aromatic nitrogens is 2. The number of aryl methyl sites for hydroxylation is 2. The van der Waals surface area contributed by atoms with E-state index in [1.165, 1.54) is 0 Å². The first kappa shape index (κ1) is 20.3. The predicted octanol–water partition coefficient (Wildman–Crippen LogP) is 3.31. The monoisotopic (exact) mass is 398 g/mol. The molecule has 0 saturated carbocycles. The molecule has 0 fully saturated rings. The Morgan fingerprint density at radius 2 is 1.90 bits per heavy atom. The Hall–Kier alpha value is -3.42. The Labute approximate surface area is 167 Å². The molecule has 0 atom stereocenters. The number of fused-ring (bicyclic) bond motifs is 1. The zero-order valence-electron chi connectivity index (χ0n) is 16.5. The van der Waals surface area contributed by atoms with Crippen molar-refractivity contribution in [3.05, 3.63) is 52.7 Å². The number of aromatic amines is 1. The highest BCUT2D eigenvalue weighted by Crippen LogP contribution is 2.20. The summed E-state index contributed by atoms with van der Waals surface area (Å²) in [6, 6.07) is 7.32. The maximum Gasteiger partial charge on any atom is 0.340 e. The third kappa shape index (κ3) is 4.53. The van der Waals surface area contributed by atoms with Gasteiger partial charge in [0.25, 0.3) is 0 Å². The molecule has 3 rings (SSSR count). The number of carbonyl (C=O) groups is 3. The molecule has 1 N–H and O–H groups in total. The average molecular weight is 398 g/mol. The number of H-pyrrole nitrogens is 1. The fraction of sp³-hybridized carbons (Fsp3) is 0.333. The molecular formula is C21H22N2O6. The van der Waals surface area contributed by atoms with Gasteiger partial charge in [-0.05, 0) is 38.5 Å². The van der Waals surface area contributed by atoms with Crippen LogP contribution < -0.4 is 0 Å². The second kappa shape index (κ2) is 8.72. The molecule has 2 aromatic heterocycles. The van der Waals surface area contributed by atoms with Gasteiger partial charge in [-0.15, -0.1) is 0 Å². The van der Waals surface area contributed by atoms with Crippen molar-refractivity contribution in [3.63, 3.8) is 0 Å². The SMILES string of the molecule is CCOC(=O)c1c(C)[nH]c(C(=O)COC(=O)CCc2nc3ccccc3o2)c1C. The van der Waals surface area contributed by atoms with Gasteiger partial charge >= 0.3 is 11.9 Å². The summed E-state index contributed by atoms with van der Waals surface area (Å²) in [6.07, 6.45) is 0.312. The van der Waals surface area contributed by atoms with Gasteiger partial charge < -0.3 is 18.9 Å². The van der Waals surface area contributed by atoms with Crippen LogP contribution in [0.25, 0.3) is 11.1 Å². The van der Waals surface area contributed by atoms with Crippen LogP contribution in [0.15, 0.2) is 28.7 Å². The van der Waals surface area contributed by atoms with Gasteiger partial charge in [-0.1, -0.05) is 12.1 Å². The Morgan fingerprint density at radius 3 is 2.62 bits per heavy atom. The highest BCUT2D eigenvalue weighted by atomic mass is 16.5. The van der Waals surface area contributed by atoms with Gasteiger partial charge in [-0.25, -0.2) is 9.78 Å². The lowest BCUT2D eigenvalue weighted by molar-refractivity contribution is -0.142. The number of rotatable bonds is 8. The normalized spacial score (nSPS) is 10.9. The number of esters is 2. The summed E-state index contributed by atoms with van der Waals surface area (Å²) in [6.45, 7) is 4.86. The fourth-order valence-corrected chi connectivity index (χ4v) is 3.06. The highest BCUT2D eigenvalue weighted by molar-refractivity contribution is 6.02. The van der Waals surface area contributed by atoms with Gasteiger partial charge in [-0.2, -0.15) is 0 Å². The number of ketones is 1. The molecule has 8 heteroatoms. The lowest BCUT2D eigenvalue weighted by Gasteiger charge is -2.04. The minimum Gasteiger partial charge on any atom is -0.462 e. The zero-order valence-corrected chi connectivity index (χ0v) is 16.5. The first-order valence-corrected chi connectivity index (χ1v) is 9.30. The topological polar surface area (TPSA) is 111 Å². The number of oxazole rings is 1. The fourth-order valence-electron chi connectivity index (χ4n) is 3.06. The summed E-state index contributed by atoms with van der Waals surface area (Å²) in [5, 5.41) is 0. The minimum atomic E-state index is -0.535. The van der Waals surface area contributed by atoms with Crippen LogP contribution in [0.2, 0.25) is 0 Å². The second-order valence-electron chi connectivity index (χ2n) is 6.50. The summed E-state index contributed by atoms with van der Waals surface area (Å²) in [5.41, 5.74) is 2.96. The Bertz CT molecular complexity index is 1030. The lowest BCUT2D eigenvalue weighted by Crippen LogP contribution is -2.16. The molecule has 0 bridgehead atoms. The zero-order chi connectivity index (χ0) is 21.0. The summed E-state index contributed by atoms with van der Waals surface area (Å²) in [5.74, 6) is -1.01. The van der Waals surface area contributed by atoms with E-state index in [0.29, 0.717) is 28.3 Å². The van der Waals surface area contributed by atoms with E-state index in [0.717, 1.165) is 5.52 Å². The maximum absolute atomic E-state index is 12.4. The van der Waals surface area contributed by atoms with Crippen LogP contribution in [0.4, 0.5) is 0 Å². The van der Waals surface area contributed by atoms with Crippen molar-refractivity contribution in [2.45, 2.75) is 33.6 Å². The van der Waals surface area contributed by atoms with E-state index >= 15 is 0 Å². The minimum absolute atomic E-state index is 0.0386. The molecule has 0 radical (unpaired) electrons. The van der Waals surface area contributed by atoms with Crippen LogP contribution >= 0.6 is 0 Å². The third-order valence-electron chi connectivity index (χ3n) is 4.44. The van der Waals surface area contributed by atoms with Crippen LogP contribution in [-0.4, -0.2) is 40.9 Å². The molecule has 0 aliphatic rings. The summed E-state index contributed by atoms with van der Waals surface area (Å²) < 4.78 is 15.6. The Kier molecular flexibility index (Phi) is 6.11. The molecule has 29 heavy (non-hydrogen) atoms. The second-order valence-corrected chi connectivity index (χ2v) is 6.50. The van der Waals surface area contributed by atoms with Crippen LogP contribution in [0.3, 0.4) is 0 Å². The van der Waals surface area contributed by atoms with Crippen molar-refractivity contribution in [1.29, 1.82) is 0 Å². The Balaban J connectivity index is 1.55. The van der Waals surface area contributed by atoms with Crippen molar-refractivity contribution in [3.8, 4) is 0 Å². The average Bonchev–Trinajstić information content (AvgIpc) is 3.24. The van der Waals surface area contributed by atoms with E-state index in [2.05, 4.69) is 9.97 Å². The standard InChI is InChI=1S/C21H22N2O6/c1-4-27-21(26)19-12(2)20(22-13(19)3)15(24)11-28-18(25)10-9-17-23-14-7-5-6-8-16(14)29-17/h5-8,22H,4,9-11H2,1-3H3. The molecular weight excluding hydrogens is 376 g/mol. The summed E-state index contributed by atoms with van der Waals surface area (Å²) in [7, 11) is 0. The van der Waals surface area contributed by atoms with E-state index in [4.69, 9.17) is 13.9 Å².